The number of nitrogens with one attached hydrogen (secondary N) is 2. The molecule has 0 aromatic carbocycles. The summed E-state index contributed by atoms with van der Waals surface area (Å²) in [4.78, 5) is 29.6. The van der Waals surface area contributed by atoms with Crippen LogP contribution in [-0.4, -0.2) is 77.6 Å². The summed E-state index contributed by atoms with van der Waals surface area (Å²) in [5.41, 5.74) is 0. The lowest BCUT2D eigenvalue weighted by Crippen LogP contribution is -2.51. The van der Waals surface area contributed by atoms with Crippen LogP contribution in [0.25, 0.3) is 0 Å². The molecule has 2 saturated carbocycles. The van der Waals surface area contributed by atoms with Crippen LogP contribution in [0.3, 0.4) is 0 Å². The lowest BCUT2D eigenvalue weighted by Gasteiger charge is -2.37. The Labute approximate surface area is 185 Å². The van der Waals surface area contributed by atoms with Crippen LogP contribution in [0.2, 0.25) is 0 Å². The minimum atomic E-state index is -0.769. The largest absolute Gasteiger partial charge is 0.352 e. The van der Waals surface area contributed by atoms with Gasteiger partial charge in [0.2, 0.25) is 11.8 Å². The van der Waals surface area contributed by atoms with Crippen LogP contribution in [0.4, 0.5) is 4.39 Å². The SMILES string of the molecule is CC(=O)N1CC[C@H]2CN([C@H]3CCC[C@@H](NC(=O)C4CC5C(F)CCC(C)C5N4)C3)C[C@H]21. The fraction of sp³-hybridized carbons (Fsp3) is 0.917. The number of carbonyl (C=O) groups excluding carboxylic acids is 2. The molecule has 3 heterocycles. The lowest BCUT2D eigenvalue weighted by molar-refractivity contribution is -0.129. The monoisotopic (exact) mass is 434 g/mol. The smallest absolute Gasteiger partial charge is 0.237 e. The molecule has 2 N–H and O–H groups in total. The van der Waals surface area contributed by atoms with Crippen LogP contribution >= 0.6 is 0 Å². The minimum absolute atomic E-state index is 0.00756. The molecule has 5 fully saturated rings. The van der Waals surface area contributed by atoms with Gasteiger partial charge in [-0.15, -0.1) is 0 Å². The lowest BCUT2D eigenvalue weighted by atomic mass is 9.77. The van der Waals surface area contributed by atoms with Crippen molar-refractivity contribution in [2.75, 3.05) is 19.6 Å². The van der Waals surface area contributed by atoms with Crippen molar-refractivity contribution in [1.82, 2.24) is 20.4 Å². The summed E-state index contributed by atoms with van der Waals surface area (Å²) in [6.45, 7) is 6.86. The van der Waals surface area contributed by atoms with E-state index in [4.69, 9.17) is 0 Å². The fourth-order valence-corrected chi connectivity index (χ4v) is 7.41. The van der Waals surface area contributed by atoms with E-state index in [1.54, 1.807) is 6.92 Å². The second-order valence-electron chi connectivity index (χ2n) is 11.0. The Morgan fingerprint density at radius 3 is 2.68 bits per heavy atom. The first-order chi connectivity index (χ1) is 14.9. The zero-order chi connectivity index (χ0) is 21.7. The minimum Gasteiger partial charge on any atom is -0.352 e. The molecule has 2 amide bonds. The number of hydrogen-bond donors (Lipinski definition) is 2. The number of carbonyl (C=O) groups is 2. The van der Waals surface area contributed by atoms with Crippen molar-refractivity contribution < 1.29 is 14.0 Å². The quantitative estimate of drug-likeness (QED) is 0.714. The number of amides is 2. The summed E-state index contributed by atoms with van der Waals surface area (Å²) in [6, 6.07) is 0.983. The Balaban J connectivity index is 1.15. The van der Waals surface area contributed by atoms with Crippen LogP contribution in [0, 0.1) is 17.8 Å². The Hall–Kier alpha value is -1.21. The molecule has 7 heteroatoms. The van der Waals surface area contributed by atoms with Crippen LogP contribution in [0.5, 0.6) is 0 Å². The zero-order valence-corrected chi connectivity index (χ0v) is 19.1. The molecule has 0 aromatic heterocycles. The Bertz CT molecular complexity index is 687. The summed E-state index contributed by atoms with van der Waals surface area (Å²) in [5.74, 6) is 1.32. The van der Waals surface area contributed by atoms with Gasteiger partial charge in [-0.1, -0.05) is 6.92 Å². The summed E-state index contributed by atoms with van der Waals surface area (Å²) >= 11 is 0. The molecule has 0 bridgehead atoms. The van der Waals surface area contributed by atoms with Crippen LogP contribution in [-0.2, 0) is 9.59 Å². The van der Waals surface area contributed by atoms with E-state index in [9.17, 15) is 14.0 Å². The number of hydrogen-bond acceptors (Lipinski definition) is 4. The number of halogens is 1. The number of alkyl halides is 1. The van der Waals surface area contributed by atoms with Crippen molar-refractivity contribution >= 4 is 11.8 Å². The third-order valence-electron chi connectivity index (χ3n) is 9.14. The average Bonchev–Trinajstić information content (AvgIpc) is 3.44. The van der Waals surface area contributed by atoms with Crippen molar-refractivity contribution in [3.63, 3.8) is 0 Å². The molecule has 3 aliphatic heterocycles. The van der Waals surface area contributed by atoms with E-state index in [0.29, 0.717) is 36.8 Å². The van der Waals surface area contributed by atoms with Crippen molar-refractivity contribution in [2.45, 2.75) is 102 Å². The Morgan fingerprint density at radius 2 is 1.90 bits per heavy atom. The highest BCUT2D eigenvalue weighted by Gasteiger charge is 2.47. The van der Waals surface area contributed by atoms with Crippen LogP contribution in [0.15, 0.2) is 0 Å². The highest BCUT2D eigenvalue weighted by Crippen LogP contribution is 2.39. The maximum absolute atomic E-state index is 14.4. The van der Waals surface area contributed by atoms with Gasteiger partial charge in [-0.2, -0.15) is 0 Å². The van der Waals surface area contributed by atoms with E-state index in [2.05, 4.69) is 27.4 Å². The molecule has 0 spiro atoms. The van der Waals surface area contributed by atoms with Gasteiger partial charge in [0.1, 0.15) is 6.17 Å². The fourth-order valence-electron chi connectivity index (χ4n) is 7.41. The van der Waals surface area contributed by atoms with Gasteiger partial charge < -0.3 is 15.5 Å². The highest BCUT2D eigenvalue weighted by molar-refractivity contribution is 5.82. The predicted octanol–water partition coefficient (Wildman–Crippen LogP) is 2.08. The first-order valence-electron chi connectivity index (χ1n) is 12.6. The second-order valence-corrected chi connectivity index (χ2v) is 11.0. The molecule has 3 saturated heterocycles. The van der Waals surface area contributed by atoms with E-state index in [1.165, 1.54) is 6.42 Å². The molecule has 5 rings (SSSR count). The summed E-state index contributed by atoms with van der Waals surface area (Å²) in [6.07, 6.45) is 6.87. The van der Waals surface area contributed by atoms with Crippen molar-refractivity contribution in [1.29, 1.82) is 0 Å². The third-order valence-corrected chi connectivity index (χ3v) is 9.14. The number of likely N-dealkylation sites (tertiary alicyclic amines) is 2. The molecule has 5 unspecified atom stereocenters. The topological polar surface area (TPSA) is 64.7 Å². The number of rotatable bonds is 3. The average molecular weight is 435 g/mol. The first-order valence-corrected chi connectivity index (χ1v) is 12.6. The van der Waals surface area contributed by atoms with E-state index in [1.807, 2.05) is 0 Å². The Morgan fingerprint density at radius 1 is 1.06 bits per heavy atom. The van der Waals surface area contributed by atoms with Gasteiger partial charge in [-0.25, -0.2) is 4.39 Å². The first kappa shape index (κ1) is 21.6. The molecule has 2 aliphatic carbocycles. The highest BCUT2D eigenvalue weighted by atomic mass is 19.1. The molecular formula is C24H39FN4O2. The van der Waals surface area contributed by atoms with Gasteiger partial charge in [-0.05, 0) is 63.2 Å². The van der Waals surface area contributed by atoms with E-state index >= 15 is 0 Å². The normalized spacial score (nSPS) is 45.4. The molecule has 5 aliphatic rings. The second kappa shape index (κ2) is 8.62. The van der Waals surface area contributed by atoms with Crippen LogP contribution < -0.4 is 10.6 Å². The standard InChI is InChI=1S/C24H39FN4O2/c1-14-6-7-20(25)19-11-21(27-23(14)19)24(31)26-17-4-3-5-18(10-17)28-12-16-8-9-29(15(2)30)22(16)13-28/h14,16-23,27H,3-13H2,1-2H3,(H,26,31)/t14?,16-,17+,18-,19?,20?,21?,22+,23?/m0/s1. The molecule has 0 radical (unpaired) electrons. The van der Waals surface area contributed by atoms with Gasteiger partial charge in [0.15, 0.2) is 0 Å². The Kier molecular flexibility index (Phi) is 6.01. The van der Waals surface area contributed by atoms with Gasteiger partial charge in [-0.3, -0.25) is 14.5 Å². The predicted molar refractivity (Wildman–Crippen MR) is 117 cm³/mol. The van der Waals surface area contributed by atoms with E-state index in [-0.39, 0.29) is 35.9 Å². The third kappa shape index (κ3) is 4.12. The van der Waals surface area contributed by atoms with Crippen molar-refractivity contribution in [3.8, 4) is 0 Å². The van der Waals surface area contributed by atoms with Gasteiger partial charge in [0.25, 0.3) is 0 Å². The van der Waals surface area contributed by atoms with E-state index in [0.717, 1.165) is 51.7 Å². The molecule has 174 valence electrons. The van der Waals surface area contributed by atoms with Gasteiger partial charge in [0.05, 0.1) is 6.04 Å². The van der Waals surface area contributed by atoms with E-state index < -0.39 is 6.17 Å². The zero-order valence-electron chi connectivity index (χ0n) is 19.1. The molecule has 9 atom stereocenters. The summed E-state index contributed by atoms with van der Waals surface area (Å²) < 4.78 is 14.4. The van der Waals surface area contributed by atoms with Gasteiger partial charge in [0, 0.05) is 56.6 Å². The molecule has 0 aromatic rings. The van der Waals surface area contributed by atoms with Crippen LogP contribution in [0.1, 0.15) is 65.2 Å². The summed E-state index contributed by atoms with van der Waals surface area (Å²) in [7, 11) is 0. The number of fused-ring (bicyclic) bond motifs is 2. The maximum atomic E-state index is 14.4. The molecular weight excluding hydrogens is 395 g/mol. The number of nitrogens with zero attached hydrogens (tertiary/aromatic N) is 2. The maximum Gasteiger partial charge on any atom is 0.237 e. The summed E-state index contributed by atoms with van der Waals surface area (Å²) in [5, 5.41) is 6.79. The van der Waals surface area contributed by atoms with Gasteiger partial charge >= 0.3 is 0 Å². The van der Waals surface area contributed by atoms with Crippen molar-refractivity contribution in [3.05, 3.63) is 0 Å². The molecule has 31 heavy (non-hydrogen) atoms. The van der Waals surface area contributed by atoms with Crippen molar-refractivity contribution in [2.24, 2.45) is 17.8 Å². The molecule has 6 nitrogen and oxygen atoms in total.